The Morgan fingerprint density at radius 2 is 1.06 bits per heavy atom. The van der Waals surface area contributed by atoms with Crippen molar-refractivity contribution >= 4 is 20.0 Å². The first-order valence-corrected chi connectivity index (χ1v) is 10.3. The molecule has 0 heterocycles. The highest BCUT2D eigenvalue weighted by Gasteiger charge is 2.87. The van der Waals surface area contributed by atoms with Crippen LogP contribution in [-0.4, -0.2) is 40.1 Å². The molecule has 0 aliphatic carbocycles. The molecule has 0 amide bonds. The van der Waals surface area contributed by atoms with E-state index in [9.17, 15) is 82.7 Å². The molecule has 0 fully saturated rings. The van der Waals surface area contributed by atoms with Crippen molar-refractivity contribution in [1.29, 1.82) is 0 Å². The molecule has 0 bridgehead atoms. The van der Waals surface area contributed by atoms with Gasteiger partial charge in [0, 0.05) is 0 Å². The second-order valence-corrected chi connectivity index (χ2v) is 9.64. The van der Waals surface area contributed by atoms with Crippen LogP contribution in [0.4, 0.5) is 65.9 Å². The van der Waals surface area contributed by atoms with Gasteiger partial charge < -0.3 is 0 Å². The van der Waals surface area contributed by atoms with E-state index in [-0.39, 0.29) is 0 Å². The summed E-state index contributed by atoms with van der Waals surface area (Å²) in [4.78, 5) is -2.89. The molecule has 1 aromatic carbocycles. The predicted molar refractivity (Wildman–Crippen MR) is 76.6 cm³/mol. The maximum atomic E-state index is 14.1. The first-order valence-electron chi connectivity index (χ1n) is 7.31. The van der Waals surface area contributed by atoms with Crippen molar-refractivity contribution in [3.63, 3.8) is 0 Å². The van der Waals surface area contributed by atoms with Crippen LogP contribution in [0.5, 0.6) is 0 Å². The lowest BCUT2D eigenvalue weighted by molar-refractivity contribution is -0.358. The Labute approximate surface area is 177 Å². The molecule has 0 saturated carbocycles. The zero-order valence-corrected chi connectivity index (χ0v) is 16.5. The van der Waals surface area contributed by atoms with Crippen molar-refractivity contribution in [1.82, 2.24) is 4.13 Å². The van der Waals surface area contributed by atoms with Gasteiger partial charge in [0.15, 0.2) is 0 Å². The third-order valence-electron chi connectivity index (χ3n) is 3.62. The van der Waals surface area contributed by atoms with Crippen LogP contribution in [0.1, 0.15) is 11.1 Å². The van der Waals surface area contributed by atoms with Crippen LogP contribution in [0.3, 0.4) is 0 Å². The zero-order valence-electron chi connectivity index (χ0n) is 14.9. The molecule has 1 N–H and O–H groups in total. The molecule has 1 unspecified atom stereocenters. The van der Waals surface area contributed by atoms with Crippen LogP contribution in [0, 0.1) is 0 Å². The minimum atomic E-state index is -8.29. The van der Waals surface area contributed by atoms with Crippen molar-refractivity contribution in [2.45, 2.75) is 40.5 Å². The molecule has 34 heavy (non-hydrogen) atoms. The van der Waals surface area contributed by atoms with Crippen molar-refractivity contribution in [3.8, 4) is 0 Å². The summed E-state index contributed by atoms with van der Waals surface area (Å²) in [7, 11) is -15.3. The van der Waals surface area contributed by atoms with E-state index in [0.717, 1.165) is 0 Å². The molecule has 198 valence electrons. The first-order chi connectivity index (χ1) is 14.5. The number of hydrogen-bond donors (Lipinski definition) is 1. The van der Waals surface area contributed by atoms with Gasteiger partial charge in [-0.3, -0.25) is 0 Å². The van der Waals surface area contributed by atoms with Crippen LogP contribution in [0.15, 0.2) is 23.1 Å². The molecule has 22 heteroatoms. The monoisotopic (exact) mass is 575 g/mol. The third kappa shape index (κ3) is 5.02. The fourth-order valence-corrected chi connectivity index (χ4v) is 5.57. The molecule has 0 aromatic heterocycles. The second kappa shape index (κ2) is 8.03. The van der Waals surface area contributed by atoms with Crippen LogP contribution >= 0.6 is 0 Å². The summed E-state index contributed by atoms with van der Waals surface area (Å²) >= 11 is 0. The Kier molecular flexibility index (Phi) is 7.10. The van der Waals surface area contributed by atoms with Gasteiger partial charge in [0.25, 0.3) is 20.0 Å². The maximum Gasteiger partial charge on any atom is 0.458 e. The van der Waals surface area contributed by atoms with Gasteiger partial charge in [-0.25, -0.2) is 21.2 Å². The zero-order chi connectivity index (χ0) is 27.6. The highest BCUT2D eigenvalue weighted by Crippen LogP contribution is 2.55. The SMILES string of the molecule is O=S(=O)(NS(=O)(=O)C(F)(C(F)(F)F)C(F)(F)C(F)(F)F)c1cc(C(F)(F)F)ccc1C(F)(F)F. The van der Waals surface area contributed by atoms with Gasteiger partial charge >= 0.3 is 35.6 Å². The Morgan fingerprint density at radius 3 is 1.38 bits per heavy atom. The molecule has 1 aromatic rings. The fourth-order valence-electron chi connectivity index (χ4n) is 2.08. The molecule has 5 nitrogen and oxygen atoms in total. The molecular formula is C12H4F15NO4S2. The summed E-state index contributed by atoms with van der Waals surface area (Å²) in [5, 5.41) is -7.88. The van der Waals surface area contributed by atoms with E-state index in [2.05, 4.69) is 0 Å². The average Bonchev–Trinajstić information content (AvgIpc) is 2.55. The number of halogens is 15. The predicted octanol–water partition coefficient (Wildman–Crippen LogP) is 4.76. The molecule has 0 spiro atoms. The van der Waals surface area contributed by atoms with E-state index in [0.29, 0.717) is 0 Å². The highest BCUT2D eigenvalue weighted by molar-refractivity contribution is 8.05. The van der Waals surface area contributed by atoms with Crippen LogP contribution in [0.25, 0.3) is 0 Å². The first kappa shape index (κ1) is 30.1. The number of alkyl halides is 15. The van der Waals surface area contributed by atoms with Crippen LogP contribution in [-0.2, 0) is 32.4 Å². The number of sulfonamides is 2. The van der Waals surface area contributed by atoms with Gasteiger partial charge in [-0.2, -0.15) is 61.5 Å². The lowest BCUT2D eigenvalue weighted by atomic mass is 10.1. The molecule has 0 radical (unpaired) electrons. The van der Waals surface area contributed by atoms with E-state index >= 15 is 0 Å². The number of hydrogen-bond acceptors (Lipinski definition) is 4. The van der Waals surface area contributed by atoms with Crippen LogP contribution < -0.4 is 4.13 Å². The lowest BCUT2D eigenvalue weighted by Gasteiger charge is -2.34. The molecule has 1 rings (SSSR count). The summed E-state index contributed by atoms with van der Waals surface area (Å²) in [6.45, 7) is 0. The van der Waals surface area contributed by atoms with Crippen molar-refractivity contribution in [2.24, 2.45) is 0 Å². The summed E-state index contributed by atoms with van der Waals surface area (Å²) < 4.78 is 239. The normalized spacial score (nSPS) is 16.9. The molecule has 0 aliphatic heterocycles. The van der Waals surface area contributed by atoms with Crippen molar-refractivity contribution in [2.75, 3.05) is 0 Å². The summed E-state index contributed by atoms with van der Waals surface area (Å²) in [6, 6.07) is -2.15. The lowest BCUT2D eigenvalue weighted by Crippen LogP contribution is -2.68. The largest absolute Gasteiger partial charge is 0.458 e. The smallest absolute Gasteiger partial charge is 0.207 e. The minimum Gasteiger partial charge on any atom is -0.207 e. The highest BCUT2D eigenvalue weighted by atomic mass is 32.3. The Balaban J connectivity index is 3.94. The van der Waals surface area contributed by atoms with E-state index in [1.54, 1.807) is 0 Å². The summed E-state index contributed by atoms with van der Waals surface area (Å²) in [6.07, 6.45) is -27.2. The summed E-state index contributed by atoms with van der Waals surface area (Å²) in [5.41, 5.74) is -5.05. The van der Waals surface area contributed by atoms with Gasteiger partial charge in [-0.05, 0) is 18.2 Å². The van der Waals surface area contributed by atoms with Gasteiger partial charge in [0.1, 0.15) is 0 Å². The van der Waals surface area contributed by atoms with Gasteiger partial charge in [0.05, 0.1) is 16.0 Å². The topological polar surface area (TPSA) is 80.3 Å². The molecule has 0 saturated heterocycles. The Bertz CT molecular complexity index is 1150. The number of rotatable bonds is 5. The molecular weight excluding hydrogens is 571 g/mol. The Hall–Kier alpha value is -1.97. The van der Waals surface area contributed by atoms with E-state index < -0.39 is 94.0 Å². The van der Waals surface area contributed by atoms with E-state index in [1.807, 2.05) is 0 Å². The molecule has 0 aliphatic rings. The van der Waals surface area contributed by atoms with Crippen molar-refractivity contribution in [3.05, 3.63) is 29.3 Å². The number of benzene rings is 1. The number of nitrogens with one attached hydrogen (secondary N) is 1. The standard InChI is InChI=1S/C12H4F15NO4S2/c13-7(14,15)4-1-2-5(8(16,17)18)6(3-4)33(29,30)28-34(31,32)10(21,12(25,26)27)9(19,20)11(22,23)24/h1-3,28H. The van der Waals surface area contributed by atoms with E-state index in [4.69, 9.17) is 0 Å². The van der Waals surface area contributed by atoms with Crippen molar-refractivity contribution < 1.29 is 82.7 Å². The molecule has 1 atom stereocenters. The average molecular weight is 575 g/mol. The minimum absolute atomic E-state index is 0.441. The van der Waals surface area contributed by atoms with Crippen LogP contribution in [0.2, 0.25) is 0 Å². The fraction of sp³-hybridized carbons (Fsp3) is 0.500. The second-order valence-electron chi connectivity index (χ2n) is 5.96. The van der Waals surface area contributed by atoms with Gasteiger partial charge in [0.2, 0.25) is 0 Å². The quantitative estimate of drug-likeness (QED) is 0.514. The maximum absolute atomic E-state index is 14.1. The third-order valence-corrected chi connectivity index (χ3v) is 7.52. The summed E-state index contributed by atoms with van der Waals surface area (Å²) in [5.74, 6) is -7.97. The Morgan fingerprint density at radius 1 is 0.618 bits per heavy atom. The van der Waals surface area contributed by atoms with E-state index in [1.165, 1.54) is 0 Å². The van der Waals surface area contributed by atoms with Gasteiger partial charge in [-0.1, -0.05) is 0 Å². The van der Waals surface area contributed by atoms with Gasteiger partial charge in [-0.15, -0.1) is 4.13 Å².